The molecule has 3 rings (SSSR count). The maximum Gasteiger partial charge on any atom is 0.345 e. The fraction of sp³-hybridized carbons (Fsp3) is 0.200. The zero-order chi connectivity index (χ0) is 22.2. The van der Waals surface area contributed by atoms with Crippen LogP contribution < -0.4 is 14.8 Å². The van der Waals surface area contributed by atoms with Gasteiger partial charge < -0.3 is 19.5 Å². The van der Waals surface area contributed by atoms with E-state index in [9.17, 15) is 9.59 Å². The van der Waals surface area contributed by atoms with Crippen molar-refractivity contribution < 1.29 is 23.8 Å². The van der Waals surface area contributed by atoms with Crippen LogP contribution in [0.4, 0.5) is 5.69 Å². The Kier molecular flexibility index (Phi) is 7.27. The maximum atomic E-state index is 13.0. The van der Waals surface area contributed by atoms with Gasteiger partial charge in [-0.2, -0.15) is 0 Å². The summed E-state index contributed by atoms with van der Waals surface area (Å²) in [5.74, 6) is 0.0946. The fourth-order valence-electron chi connectivity index (χ4n) is 2.99. The zero-order valence-electron chi connectivity index (χ0n) is 17.8. The van der Waals surface area contributed by atoms with Gasteiger partial charge in [-0.25, -0.2) is 4.79 Å². The molecule has 1 amide bonds. The molecule has 3 aromatic rings. The molecule has 0 bridgehead atoms. The van der Waals surface area contributed by atoms with Crippen molar-refractivity contribution >= 4 is 17.6 Å². The molecule has 160 valence electrons. The molecule has 3 aromatic carbocycles. The zero-order valence-corrected chi connectivity index (χ0v) is 17.8. The molecule has 0 spiro atoms. The SMILES string of the molecule is COc1cccc(NC(=O)[C@@H](OC(=O)COc2cccc(C)c2C)c2ccccc2)c1. The third kappa shape index (κ3) is 5.85. The summed E-state index contributed by atoms with van der Waals surface area (Å²) in [5.41, 5.74) is 3.10. The molecule has 0 saturated heterocycles. The van der Waals surface area contributed by atoms with Gasteiger partial charge in [0, 0.05) is 17.3 Å². The van der Waals surface area contributed by atoms with Gasteiger partial charge in [0.05, 0.1) is 7.11 Å². The van der Waals surface area contributed by atoms with Crippen molar-refractivity contribution in [2.24, 2.45) is 0 Å². The molecule has 0 aliphatic rings. The highest BCUT2D eigenvalue weighted by Gasteiger charge is 2.25. The lowest BCUT2D eigenvalue weighted by Gasteiger charge is -2.19. The molecule has 0 aromatic heterocycles. The number of nitrogens with one attached hydrogen (secondary N) is 1. The van der Waals surface area contributed by atoms with Gasteiger partial charge in [0.1, 0.15) is 11.5 Å². The molecule has 1 atom stereocenters. The molecule has 0 unspecified atom stereocenters. The van der Waals surface area contributed by atoms with Gasteiger partial charge in [0.2, 0.25) is 6.10 Å². The minimum atomic E-state index is -1.12. The predicted molar refractivity (Wildman–Crippen MR) is 118 cm³/mol. The maximum absolute atomic E-state index is 13.0. The molecule has 6 heteroatoms. The molecule has 31 heavy (non-hydrogen) atoms. The second kappa shape index (κ2) is 10.3. The molecule has 0 heterocycles. The van der Waals surface area contributed by atoms with Crippen LogP contribution in [0, 0.1) is 13.8 Å². The number of esters is 1. The molecular formula is C25H25NO5. The van der Waals surface area contributed by atoms with E-state index in [1.54, 1.807) is 61.7 Å². The quantitative estimate of drug-likeness (QED) is 0.540. The van der Waals surface area contributed by atoms with Crippen LogP contribution in [0.1, 0.15) is 22.8 Å². The number of aryl methyl sites for hydroxylation is 1. The Bertz CT molecular complexity index is 1050. The summed E-state index contributed by atoms with van der Waals surface area (Å²) in [4.78, 5) is 25.5. The van der Waals surface area contributed by atoms with Crippen LogP contribution in [0.15, 0.2) is 72.8 Å². The molecular weight excluding hydrogens is 394 g/mol. The Morgan fingerprint density at radius 3 is 2.42 bits per heavy atom. The summed E-state index contributed by atoms with van der Waals surface area (Å²) in [6, 6.07) is 21.4. The molecule has 0 saturated carbocycles. The van der Waals surface area contributed by atoms with Crippen LogP contribution >= 0.6 is 0 Å². The number of hydrogen-bond acceptors (Lipinski definition) is 5. The Balaban J connectivity index is 1.72. The van der Waals surface area contributed by atoms with Crippen molar-refractivity contribution in [3.05, 3.63) is 89.5 Å². The van der Waals surface area contributed by atoms with Crippen molar-refractivity contribution in [2.75, 3.05) is 19.0 Å². The molecule has 6 nitrogen and oxygen atoms in total. The highest BCUT2D eigenvalue weighted by atomic mass is 16.6. The summed E-state index contributed by atoms with van der Waals surface area (Å²) < 4.78 is 16.3. The summed E-state index contributed by atoms with van der Waals surface area (Å²) in [5, 5.41) is 2.77. The lowest BCUT2D eigenvalue weighted by Crippen LogP contribution is -2.28. The lowest BCUT2D eigenvalue weighted by molar-refractivity contribution is -0.156. The number of benzene rings is 3. The average molecular weight is 419 g/mol. The van der Waals surface area contributed by atoms with E-state index in [0.29, 0.717) is 22.7 Å². The molecule has 0 fully saturated rings. The highest BCUT2D eigenvalue weighted by molar-refractivity contribution is 5.96. The summed E-state index contributed by atoms with van der Waals surface area (Å²) in [7, 11) is 1.55. The number of carbonyl (C=O) groups excluding carboxylic acids is 2. The first kappa shape index (κ1) is 21.9. The van der Waals surface area contributed by atoms with E-state index in [-0.39, 0.29) is 6.61 Å². The normalized spacial score (nSPS) is 11.3. The third-order valence-electron chi connectivity index (χ3n) is 4.83. The van der Waals surface area contributed by atoms with Crippen LogP contribution in [-0.4, -0.2) is 25.6 Å². The number of amides is 1. The Morgan fingerprint density at radius 1 is 0.935 bits per heavy atom. The van der Waals surface area contributed by atoms with Crippen LogP contribution in [0.25, 0.3) is 0 Å². The van der Waals surface area contributed by atoms with Gasteiger partial charge in [0.15, 0.2) is 6.61 Å². The number of anilines is 1. The molecule has 0 aliphatic heterocycles. The van der Waals surface area contributed by atoms with E-state index < -0.39 is 18.0 Å². The summed E-state index contributed by atoms with van der Waals surface area (Å²) in [6.45, 7) is 3.58. The van der Waals surface area contributed by atoms with Gasteiger partial charge in [-0.1, -0.05) is 48.5 Å². The van der Waals surface area contributed by atoms with Gasteiger partial charge in [0.25, 0.3) is 5.91 Å². The third-order valence-corrected chi connectivity index (χ3v) is 4.83. The number of rotatable bonds is 8. The summed E-state index contributed by atoms with van der Waals surface area (Å²) >= 11 is 0. The van der Waals surface area contributed by atoms with Gasteiger partial charge >= 0.3 is 5.97 Å². The van der Waals surface area contributed by atoms with Crippen LogP contribution in [-0.2, 0) is 14.3 Å². The smallest absolute Gasteiger partial charge is 0.345 e. The first-order valence-corrected chi connectivity index (χ1v) is 9.86. The largest absolute Gasteiger partial charge is 0.497 e. The number of hydrogen-bond donors (Lipinski definition) is 1. The van der Waals surface area contributed by atoms with Gasteiger partial charge in [-0.05, 0) is 43.2 Å². The van der Waals surface area contributed by atoms with Crippen LogP contribution in [0.2, 0.25) is 0 Å². The Morgan fingerprint density at radius 2 is 1.68 bits per heavy atom. The van der Waals surface area contributed by atoms with Gasteiger partial charge in [-0.3, -0.25) is 4.79 Å². The number of ether oxygens (including phenoxy) is 3. The van der Waals surface area contributed by atoms with Crippen LogP contribution in [0.5, 0.6) is 11.5 Å². The van der Waals surface area contributed by atoms with Gasteiger partial charge in [-0.15, -0.1) is 0 Å². The topological polar surface area (TPSA) is 73.9 Å². The minimum Gasteiger partial charge on any atom is -0.497 e. The van der Waals surface area contributed by atoms with Crippen molar-refractivity contribution in [2.45, 2.75) is 20.0 Å². The fourth-order valence-corrected chi connectivity index (χ4v) is 2.99. The second-order valence-electron chi connectivity index (χ2n) is 6.99. The van der Waals surface area contributed by atoms with Crippen molar-refractivity contribution in [3.8, 4) is 11.5 Å². The Hall–Kier alpha value is -3.80. The van der Waals surface area contributed by atoms with E-state index in [1.807, 2.05) is 32.0 Å². The monoisotopic (exact) mass is 419 g/mol. The van der Waals surface area contributed by atoms with E-state index in [2.05, 4.69) is 5.32 Å². The molecule has 0 radical (unpaired) electrons. The Labute approximate surface area is 181 Å². The van der Waals surface area contributed by atoms with E-state index in [0.717, 1.165) is 11.1 Å². The predicted octanol–water partition coefficient (Wildman–Crippen LogP) is 4.61. The molecule has 1 N–H and O–H groups in total. The average Bonchev–Trinajstić information content (AvgIpc) is 2.79. The highest BCUT2D eigenvalue weighted by Crippen LogP contribution is 2.24. The standard InChI is InChI=1S/C25H25NO5/c1-17-9-7-14-22(18(17)2)30-16-23(27)31-24(19-10-5-4-6-11-19)25(28)26-20-12-8-13-21(15-20)29-3/h4-15,24H,16H2,1-3H3,(H,26,28)/t24-/m0/s1. The second-order valence-corrected chi connectivity index (χ2v) is 6.99. The van der Waals surface area contributed by atoms with E-state index in [4.69, 9.17) is 14.2 Å². The first-order chi connectivity index (χ1) is 15.0. The summed E-state index contributed by atoms with van der Waals surface area (Å²) in [6.07, 6.45) is -1.12. The van der Waals surface area contributed by atoms with Crippen molar-refractivity contribution in [1.82, 2.24) is 0 Å². The van der Waals surface area contributed by atoms with Crippen molar-refractivity contribution in [3.63, 3.8) is 0 Å². The number of methoxy groups -OCH3 is 1. The number of carbonyl (C=O) groups is 2. The van der Waals surface area contributed by atoms with Crippen LogP contribution in [0.3, 0.4) is 0 Å². The van der Waals surface area contributed by atoms with E-state index >= 15 is 0 Å². The minimum absolute atomic E-state index is 0.305. The first-order valence-electron chi connectivity index (χ1n) is 9.86. The molecule has 0 aliphatic carbocycles. The lowest BCUT2D eigenvalue weighted by atomic mass is 10.1. The van der Waals surface area contributed by atoms with Crippen molar-refractivity contribution in [1.29, 1.82) is 0 Å². The van der Waals surface area contributed by atoms with E-state index in [1.165, 1.54) is 0 Å².